The quantitative estimate of drug-likeness (QED) is 0.833. The molecule has 0 fully saturated rings. The van der Waals surface area contributed by atoms with Crippen molar-refractivity contribution in [2.24, 2.45) is 0 Å². The standard InChI is InChI=1S/C14H14N4O2S/c1-10(12-4-6-17-7-5-12)18-21(19,20)14-3-2-11(9-15)8-13(14)16/h2-8,10,18H,16H2,1H3. The van der Waals surface area contributed by atoms with Crippen LogP contribution in [0.4, 0.5) is 5.69 Å². The van der Waals surface area contributed by atoms with Gasteiger partial charge in [-0.1, -0.05) is 0 Å². The minimum absolute atomic E-state index is 0.0394. The van der Waals surface area contributed by atoms with Crippen LogP contribution in [0.2, 0.25) is 0 Å². The lowest BCUT2D eigenvalue weighted by Crippen LogP contribution is -2.27. The van der Waals surface area contributed by atoms with Gasteiger partial charge in [0.2, 0.25) is 10.0 Å². The first-order valence-corrected chi connectivity index (χ1v) is 7.64. The summed E-state index contributed by atoms with van der Waals surface area (Å²) in [5.74, 6) is 0. The van der Waals surface area contributed by atoms with Gasteiger partial charge in [0.25, 0.3) is 0 Å². The molecule has 0 aliphatic rings. The largest absolute Gasteiger partial charge is 0.398 e. The van der Waals surface area contributed by atoms with Crippen molar-refractivity contribution in [2.45, 2.75) is 17.9 Å². The van der Waals surface area contributed by atoms with E-state index in [1.807, 2.05) is 6.07 Å². The van der Waals surface area contributed by atoms with E-state index in [2.05, 4.69) is 9.71 Å². The van der Waals surface area contributed by atoms with Crippen LogP contribution in [0.25, 0.3) is 0 Å². The van der Waals surface area contributed by atoms with Crippen LogP contribution in [0, 0.1) is 11.3 Å². The number of aromatic nitrogens is 1. The molecule has 0 amide bonds. The third kappa shape index (κ3) is 3.37. The average Bonchev–Trinajstić information content (AvgIpc) is 2.47. The number of pyridine rings is 1. The Balaban J connectivity index is 2.29. The van der Waals surface area contributed by atoms with Crippen molar-refractivity contribution in [1.82, 2.24) is 9.71 Å². The lowest BCUT2D eigenvalue weighted by molar-refractivity contribution is 0.567. The van der Waals surface area contributed by atoms with E-state index < -0.39 is 16.1 Å². The Morgan fingerprint density at radius 2 is 1.95 bits per heavy atom. The number of nitrogens with one attached hydrogen (secondary N) is 1. The Labute approximate surface area is 123 Å². The second kappa shape index (κ2) is 5.91. The first-order chi connectivity index (χ1) is 9.94. The summed E-state index contributed by atoms with van der Waals surface area (Å²) in [6.07, 6.45) is 3.19. The molecule has 2 aromatic rings. The van der Waals surface area contributed by atoms with E-state index in [0.717, 1.165) is 5.56 Å². The summed E-state index contributed by atoms with van der Waals surface area (Å²) in [6.45, 7) is 1.73. The lowest BCUT2D eigenvalue weighted by atomic mass is 10.1. The maximum Gasteiger partial charge on any atom is 0.243 e. The highest BCUT2D eigenvalue weighted by Crippen LogP contribution is 2.22. The van der Waals surface area contributed by atoms with Crippen LogP contribution in [-0.2, 0) is 10.0 Å². The van der Waals surface area contributed by atoms with Gasteiger partial charge in [-0.15, -0.1) is 0 Å². The first-order valence-electron chi connectivity index (χ1n) is 6.16. The highest BCUT2D eigenvalue weighted by Gasteiger charge is 2.21. The number of nitrogen functional groups attached to an aromatic ring is 1. The summed E-state index contributed by atoms with van der Waals surface area (Å²) in [5, 5.41) is 8.77. The van der Waals surface area contributed by atoms with E-state index in [-0.39, 0.29) is 10.6 Å². The fraction of sp³-hybridized carbons (Fsp3) is 0.143. The zero-order valence-corrected chi connectivity index (χ0v) is 12.1. The number of nitrogens with two attached hydrogens (primary N) is 1. The molecule has 1 atom stereocenters. The first kappa shape index (κ1) is 15.0. The van der Waals surface area contributed by atoms with Crippen molar-refractivity contribution in [3.8, 4) is 6.07 Å². The molecule has 0 radical (unpaired) electrons. The summed E-state index contributed by atoms with van der Waals surface area (Å²) < 4.78 is 27.2. The molecule has 0 aliphatic heterocycles. The number of sulfonamides is 1. The van der Waals surface area contributed by atoms with E-state index in [1.165, 1.54) is 18.2 Å². The monoisotopic (exact) mass is 302 g/mol. The summed E-state index contributed by atoms with van der Waals surface area (Å²) >= 11 is 0. The molecular weight excluding hydrogens is 288 g/mol. The van der Waals surface area contributed by atoms with Gasteiger partial charge in [0.15, 0.2) is 0 Å². The molecule has 1 unspecified atom stereocenters. The minimum Gasteiger partial charge on any atom is -0.398 e. The second-order valence-electron chi connectivity index (χ2n) is 4.49. The number of anilines is 1. The summed E-state index contributed by atoms with van der Waals surface area (Å²) in [7, 11) is -3.77. The van der Waals surface area contributed by atoms with Crippen LogP contribution >= 0.6 is 0 Å². The molecule has 1 aromatic carbocycles. The Kier molecular flexibility index (Phi) is 4.21. The van der Waals surface area contributed by atoms with Crippen LogP contribution in [0.3, 0.4) is 0 Å². The number of nitrogens with zero attached hydrogens (tertiary/aromatic N) is 2. The molecule has 0 saturated heterocycles. The van der Waals surface area contributed by atoms with Crippen LogP contribution in [0.5, 0.6) is 0 Å². The average molecular weight is 302 g/mol. The van der Waals surface area contributed by atoms with Gasteiger partial charge in [0.1, 0.15) is 4.90 Å². The molecule has 108 valence electrons. The number of nitriles is 1. The highest BCUT2D eigenvalue weighted by molar-refractivity contribution is 7.89. The third-order valence-corrected chi connectivity index (χ3v) is 4.58. The van der Waals surface area contributed by atoms with Crippen molar-refractivity contribution in [1.29, 1.82) is 5.26 Å². The molecule has 2 rings (SSSR count). The maximum absolute atomic E-state index is 12.3. The molecule has 7 heteroatoms. The van der Waals surface area contributed by atoms with Crippen LogP contribution in [0.1, 0.15) is 24.1 Å². The smallest absolute Gasteiger partial charge is 0.243 e. The van der Waals surface area contributed by atoms with Gasteiger partial charge >= 0.3 is 0 Å². The predicted octanol–water partition coefficient (Wildman–Crippen LogP) is 1.57. The fourth-order valence-corrected chi connectivity index (χ4v) is 3.22. The molecule has 0 bridgehead atoms. The molecule has 0 spiro atoms. The lowest BCUT2D eigenvalue weighted by Gasteiger charge is -2.15. The predicted molar refractivity (Wildman–Crippen MR) is 78.5 cm³/mol. The minimum atomic E-state index is -3.77. The molecule has 1 heterocycles. The molecular formula is C14H14N4O2S. The van der Waals surface area contributed by atoms with Crippen LogP contribution in [-0.4, -0.2) is 13.4 Å². The van der Waals surface area contributed by atoms with Gasteiger partial charge in [-0.05, 0) is 42.8 Å². The SMILES string of the molecule is CC(NS(=O)(=O)c1ccc(C#N)cc1N)c1ccncc1. The Hall–Kier alpha value is -2.43. The molecule has 21 heavy (non-hydrogen) atoms. The number of hydrogen-bond donors (Lipinski definition) is 2. The zero-order chi connectivity index (χ0) is 15.5. The maximum atomic E-state index is 12.3. The second-order valence-corrected chi connectivity index (χ2v) is 6.17. The van der Waals surface area contributed by atoms with Crippen molar-refractivity contribution in [2.75, 3.05) is 5.73 Å². The van der Waals surface area contributed by atoms with Crippen LogP contribution in [0.15, 0.2) is 47.6 Å². The highest BCUT2D eigenvalue weighted by atomic mass is 32.2. The van der Waals surface area contributed by atoms with Gasteiger partial charge in [0.05, 0.1) is 17.3 Å². The Bertz CT molecular complexity index is 782. The summed E-state index contributed by atoms with van der Waals surface area (Å²) in [4.78, 5) is 3.85. The van der Waals surface area contributed by atoms with Gasteiger partial charge < -0.3 is 5.73 Å². The number of hydrogen-bond acceptors (Lipinski definition) is 5. The van der Waals surface area contributed by atoms with Crippen LogP contribution < -0.4 is 10.5 Å². The normalized spacial score (nSPS) is 12.6. The summed E-state index contributed by atoms with van der Waals surface area (Å²) in [6, 6.07) is 9.04. The van der Waals surface area contributed by atoms with Crippen molar-refractivity contribution < 1.29 is 8.42 Å². The van der Waals surface area contributed by atoms with Crippen molar-refractivity contribution in [3.05, 3.63) is 53.9 Å². The number of rotatable bonds is 4. The fourth-order valence-electron chi connectivity index (χ4n) is 1.88. The zero-order valence-electron chi connectivity index (χ0n) is 11.3. The molecule has 3 N–H and O–H groups in total. The van der Waals surface area contributed by atoms with E-state index >= 15 is 0 Å². The van der Waals surface area contributed by atoms with E-state index in [4.69, 9.17) is 11.0 Å². The van der Waals surface area contributed by atoms with Gasteiger partial charge in [-0.25, -0.2) is 13.1 Å². The number of benzene rings is 1. The van der Waals surface area contributed by atoms with E-state index in [0.29, 0.717) is 5.56 Å². The van der Waals surface area contributed by atoms with E-state index in [9.17, 15) is 8.42 Å². The Morgan fingerprint density at radius 1 is 1.29 bits per heavy atom. The van der Waals surface area contributed by atoms with Crippen molar-refractivity contribution >= 4 is 15.7 Å². The van der Waals surface area contributed by atoms with Gasteiger partial charge in [0, 0.05) is 18.4 Å². The molecule has 0 saturated carbocycles. The van der Waals surface area contributed by atoms with Gasteiger partial charge in [-0.3, -0.25) is 4.98 Å². The molecule has 0 aliphatic carbocycles. The Morgan fingerprint density at radius 3 is 2.52 bits per heavy atom. The summed E-state index contributed by atoms with van der Waals surface area (Å²) in [5.41, 5.74) is 6.87. The topological polar surface area (TPSA) is 109 Å². The third-order valence-electron chi connectivity index (χ3n) is 2.97. The van der Waals surface area contributed by atoms with E-state index in [1.54, 1.807) is 31.5 Å². The molecule has 1 aromatic heterocycles. The van der Waals surface area contributed by atoms with Crippen molar-refractivity contribution in [3.63, 3.8) is 0 Å². The van der Waals surface area contributed by atoms with Gasteiger partial charge in [-0.2, -0.15) is 5.26 Å². The molecule has 6 nitrogen and oxygen atoms in total.